The van der Waals surface area contributed by atoms with Gasteiger partial charge in [0.05, 0.1) is 0 Å². The van der Waals surface area contributed by atoms with Crippen molar-refractivity contribution in [3.8, 4) is 23.2 Å². The first-order valence-electron chi connectivity index (χ1n) is 8.92. The Kier molecular flexibility index (Phi) is 5.61. The van der Waals surface area contributed by atoms with Crippen LogP contribution in [0.3, 0.4) is 0 Å². The number of hydrogen-bond acceptors (Lipinski definition) is 6. The molecule has 0 saturated carbocycles. The van der Waals surface area contributed by atoms with Crippen molar-refractivity contribution >= 4 is 11.6 Å². The Bertz CT molecular complexity index is 1120. The molecule has 30 heavy (non-hydrogen) atoms. The molecule has 0 radical (unpaired) electrons. The number of benzene rings is 2. The third-order valence-corrected chi connectivity index (χ3v) is 3.94. The molecule has 4 rings (SSSR count). The van der Waals surface area contributed by atoms with E-state index in [2.05, 4.69) is 20.3 Å². The molecule has 2 aromatic heterocycles. The van der Waals surface area contributed by atoms with Crippen molar-refractivity contribution in [3.05, 3.63) is 85.5 Å². The zero-order valence-electron chi connectivity index (χ0n) is 15.6. The Morgan fingerprint density at radius 2 is 1.80 bits per heavy atom. The van der Waals surface area contributed by atoms with Crippen molar-refractivity contribution in [2.24, 2.45) is 0 Å². The molecule has 150 valence electrons. The molecule has 8 nitrogen and oxygen atoms in total. The van der Waals surface area contributed by atoms with Crippen LogP contribution in [0.25, 0.3) is 5.82 Å². The molecule has 0 aliphatic rings. The van der Waals surface area contributed by atoms with Crippen LogP contribution in [0, 0.1) is 5.82 Å². The van der Waals surface area contributed by atoms with Gasteiger partial charge in [0.1, 0.15) is 35.8 Å². The smallest absolute Gasteiger partial charge is 0.262 e. The number of anilines is 1. The van der Waals surface area contributed by atoms with Crippen LogP contribution in [0.2, 0.25) is 0 Å². The van der Waals surface area contributed by atoms with Gasteiger partial charge < -0.3 is 14.8 Å². The summed E-state index contributed by atoms with van der Waals surface area (Å²) >= 11 is 0. The molecule has 9 heteroatoms. The van der Waals surface area contributed by atoms with Crippen LogP contribution in [-0.2, 0) is 4.79 Å². The van der Waals surface area contributed by atoms with Gasteiger partial charge >= 0.3 is 0 Å². The predicted molar refractivity (Wildman–Crippen MR) is 106 cm³/mol. The van der Waals surface area contributed by atoms with Crippen molar-refractivity contribution in [3.63, 3.8) is 0 Å². The molecule has 0 aliphatic heterocycles. The van der Waals surface area contributed by atoms with Crippen LogP contribution in [0.15, 0.2) is 79.6 Å². The number of hydrogen-bond donors (Lipinski definition) is 1. The van der Waals surface area contributed by atoms with E-state index in [-0.39, 0.29) is 18.3 Å². The molecular formula is C21H16FN5O3. The fourth-order valence-corrected chi connectivity index (χ4v) is 2.53. The Hall–Kier alpha value is -4.27. The normalized spacial score (nSPS) is 10.4. The van der Waals surface area contributed by atoms with E-state index >= 15 is 0 Å². The number of nitrogens with one attached hydrogen (secondary N) is 1. The maximum atomic E-state index is 12.9. The average molecular weight is 405 g/mol. The van der Waals surface area contributed by atoms with Crippen molar-refractivity contribution in [1.29, 1.82) is 0 Å². The number of carbonyl (C=O) groups excluding carboxylic acids is 1. The van der Waals surface area contributed by atoms with E-state index < -0.39 is 0 Å². The van der Waals surface area contributed by atoms with E-state index in [1.165, 1.54) is 30.6 Å². The lowest BCUT2D eigenvalue weighted by molar-refractivity contribution is -0.118. The van der Waals surface area contributed by atoms with Crippen molar-refractivity contribution in [2.75, 3.05) is 11.9 Å². The first-order chi connectivity index (χ1) is 14.7. The van der Waals surface area contributed by atoms with Crippen molar-refractivity contribution in [2.45, 2.75) is 0 Å². The summed E-state index contributed by atoms with van der Waals surface area (Å²) in [5.74, 6) is 1.25. The van der Waals surface area contributed by atoms with Crippen LogP contribution >= 0.6 is 0 Å². The highest BCUT2D eigenvalue weighted by Crippen LogP contribution is 2.22. The Morgan fingerprint density at radius 3 is 2.53 bits per heavy atom. The first kappa shape index (κ1) is 19.1. The standard InChI is InChI=1S/C21H16FN5O3/c22-15-1-5-17(6-2-15)29-12-20(28)26-16-3-7-18(8-4-16)30-21-11-19(24-13-25-21)27-10-9-23-14-27/h1-11,13-14H,12H2,(H,26,28). The van der Waals surface area contributed by atoms with Crippen LogP contribution in [0.1, 0.15) is 0 Å². The number of rotatable bonds is 7. The summed E-state index contributed by atoms with van der Waals surface area (Å²) < 4.78 is 25.7. The molecule has 0 saturated heterocycles. The number of amides is 1. The molecule has 0 atom stereocenters. The van der Waals surface area contributed by atoms with E-state index in [9.17, 15) is 9.18 Å². The number of ether oxygens (including phenoxy) is 2. The number of imidazole rings is 1. The van der Waals surface area contributed by atoms with Gasteiger partial charge in [0.15, 0.2) is 6.61 Å². The number of halogens is 1. The largest absolute Gasteiger partial charge is 0.484 e. The average Bonchev–Trinajstić information content (AvgIpc) is 3.30. The molecular weight excluding hydrogens is 389 g/mol. The minimum atomic E-state index is -0.367. The Labute approximate surface area is 171 Å². The van der Waals surface area contributed by atoms with E-state index in [0.29, 0.717) is 28.9 Å². The summed E-state index contributed by atoms with van der Waals surface area (Å²) in [6, 6.07) is 13.9. The lowest BCUT2D eigenvalue weighted by atomic mass is 10.3. The van der Waals surface area contributed by atoms with E-state index in [4.69, 9.17) is 9.47 Å². The van der Waals surface area contributed by atoms with Crippen LogP contribution < -0.4 is 14.8 Å². The monoisotopic (exact) mass is 405 g/mol. The van der Waals surface area contributed by atoms with Gasteiger partial charge in [0.2, 0.25) is 5.88 Å². The maximum absolute atomic E-state index is 12.9. The minimum Gasteiger partial charge on any atom is -0.484 e. The first-order valence-corrected chi connectivity index (χ1v) is 8.92. The zero-order chi connectivity index (χ0) is 20.8. The van der Waals surface area contributed by atoms with Crippen LogP contribution in [0.5, 0.6) is 17.4 Å². The number of aromatic nitrogens is 4. The summed E-state index contributed by atoms with van der Waals surface area (Å²) in [5.41, 5.74) is 0.580. The molecule has 0 unspecified atom stereocenters. The van der Waals surface area contributed by atoms with Gasteiger partial charge in [-0.25, -0.2) is 19.3 Å². The second kappa shape index (κ2) is 8.82. The van der Waals surface area contributed by atoms with Crippen LogP contribution in [-0.4, -0.2) is 32.0 Å². The van der Waals surface area contributed by atoms with Gasteiger partial charge in [-0.15, -0.1) is 0 Å². The van der Waals surface area contributed by atoms with Gasteiger partial charge in [-0.2, -0.15) is 0 Å². The quantitative estimate of drug-likeness (QED) is 0.505. The van der Waals surface area contributed by atoms with Gasteiger partial charge in [0.25, 0.3) is 5.91 Å². The van der Waals surface area contributed by atoms with Gasteiger partial charge in [0, 0.05) is 24.1 Å². The van der Waals surface area contributed by atoms with Gasteiger partial charge in [-0.3, -0.25) is 9.36 Å². The Morgan fingerprint density at radius 1 is 1.03 bits per heavy atom. The summed E-state index contributed by atoms with van der Waals surface area (Å²) in [6.07, 6.45) is 6.45. The van der Waals surface area contributed by atoms with E-state index in [1.807, 2.05) is 0 Å². The van der Waals surface area contributed by atoms with Gasteiger partial charge in [-0.1, -0.05) is 0 Å². The second-order valence-electron chi connectivity index (χ2n) is 6.10. The highest BCUT2D eigenvalue weighted by molar-refractivity contribution is 5.91. The number of carbonyl (C=O) groups is 1. The Balaban J connectivity index is 1.32. The zero-order valence-corrected chi connectivity index (χ0v) is 15.6. The SMILES string of the molecule is O=C(COc1ccc(F)cc1)Nc1ccc(Oc2cc(-n3ccnc3)ncn2)cc1. The van der Waals surface area contributed by atoms with Crippen molar-refractivity contribution < 1.29 is 18.7 Å². The van der Waals surface area contributed by atoms with Crippen molar-refractivity contribution in [1.82, 2.24) is 19.5 Å². The van der Waals surface area contributed by atoms with Gasteiger partial charge in [-0.05, 0) is 48.5 Å². The maximum Gasteiger partial charge on any atom is 0.262 e. The molecule has 2 heterocycles. The molecule has 0 spiro atoms. The van der Waals surface area contributed by atoms with Crippen LogP contribution in [0.4, 0.5) is 10.1 Å². The number of nitrogens with zero attached hydrogens (tertiary/aromatic N) is 4. The van der Waals surface area contributed by atoms with E-state index in [1.54, 1.807) is 53.6 Å². The lowest BCUT2D eigenvalue weighted by Gasteiger charge is -2.09. The third kappa shape index (κ3) is 4.96. The summed E-state index contributed by atoms with van der Waals surface area (Å²) in [6.45, 7) is -0.193. The van der Waals surface area contributed by atoms with E-state index in [0.717, 1.165) is 0 Å². The second-order valence-corrected chi connectivity index (χ2v) is 6.10. The molecule has 4 aromatic rings. The molecule has 0 aliphatic carbocycles. The highest BCUT2D eigenvalue weighted by atomic mass is 19.1. The minimum absolute atomic E-state index is 0.193. The summed E-state index contributed by atoms with van der Waals surface area (Å²) in [5, 5.41) is 2.71. The fraction of sp³-hybridized carbons (Fsp3) is 0.0476. The molecule has 2 aromatic carbocycles. The molecule has 0 bridgehead atoms. The lowest BCUT2D eigenvalue weighted by Crippen LogP contribution is -2.20. The fourth-order valence-electron chi connectivity index (χ4n) is 2.53. The topological polar surface area (TPSA) is 91.2 Å². The highest BCUT2D eigenvalue weighted by Gasteiger charge is 2.06. The molecule has 1 amide bonds. The predicted octanol–water partition coefficient (Wildman–Crippen LogP) is 3.61. The third-order valence-electron chi connectivity index (χ3n) is 3.94. The summed E-state index contributed by atoms with van der Waals surface area (Å²) in [7, 11) is 0. The summed E-state index contributed by atoms with van der Waals surface area (Å²) in [4.78, 5) is 24.3. The molecule has 1 N–H and O–H groups in total. The molecule has 0 fully saturated rings.